The summed E-state index contributed by atoms with van der Waals surface area (Å²) in [6.07, 6.45) is 0.371. The van der Waals surface area contributed by atoms with E-state index >= 15 is 0 Å². The highest BCUT2D eigenvalue weighted by atomic mass is 16.5. The topological polar surface area (TPSA) is 126 Å². The van der Waals surface area contributed by atoms with E-state index in [2.05, 4.69) is 10.3 Å². The van der Waals surface area contributed by atoms with Gasteiger partial charge in [0.2, 0.25) is 5.91 Å². The average molecular weight is 521 g/mol. The molecule has 0 saturated carbocycles. The van der Waals surface area contributed by atoms with Crippen LogP contribution in [-0.4, -0.2) is 51.1 Å². The molecule has 0 radical (unpaired) electrons. The van der Waals surface area contributed by atoms with E-state index in [-0.39, 0.29) is 30.3 Å². The van der Waals surface area contributed by atoms with Crippen LogP contribution in [0.5, 0.6) is 11.5 Å². The number of amides is 2. The van der Waals surface area contributed by atoms with Gasteiger partial charge in [-0.3, -0.25) is 14.5 Å². The quantitative estimate of drug-likeness (QED) is 0.565. The largest absolute Gasteiger partial charge is 0.490 e. The van der Waals surface area contributed by atoms with Crippen molar-refractivity contribution in [2.24, 2.45) is 10.7 Å². The highest BCUT2D eigenvalue weighted by Crippen LogP contribution is 2.42. The fourth-order valence-corrected chi connectivity index (χ4v) is 5.58. The molecule has 2 aromatic carbocycles. The first-order valence-corrected chi connectivity index (χ1v) is 13.2. The maximum absolute atomic E-state index is 13.5. The first-order valence-electron chi connectivity index (χ1n) is 13.2. The number of hydrogen-bond acceptors (Lipinski definition) is 7. The van der Waals surface area contributed by atoms with E-state index in [0.29, 0.717) is 41.0 Å². The monoisotopic (exact) mass is 520 g/mol. The van der Waals surface area contributed by atoms with E-state index in [1.54, 1.807) is 36.9 Å². The summed E-state index contributed by atoms with van der Waals surface area (Å²) in [4.78, 5) is 33.0. The summed E-state index contributed by atoms with van der Waals surface area (Å²) in [6, 6.07) is 11.5. The lowest BCUT2D eigenvalue weighted by Gasteiger charge is -2.42. The van der Waals surface area contributed by atoms with Gasteiger partial charge in [-0.05, 0) is 58.4 Å². The van der Waals surface area contributed by atoms with Crippen LogP contribution >= 0.6 is 0 Å². The van der Waals surface area contributed by atoms with Gasteiger partial charge in [0.15, 0.2) is 5.96 Å². The van der Waals surface area contributed by atoms with E-state index in [9.17, 15) is 14.7 Å². The minimum atomic E-state index is -0.967. The van der Waals surface area contributed by atoms with E-state index < -0.39 is 29.3 Å². The second-order valence-corrected chi connectivity index (χ2v) is 11.3. The number of carbonyl (C=O) groups excluding carboxylic acids is 2. The van der Waals surface area contributed by atoms with Gasteiger partial charge in [0.1, 0.15) is 23.2 Å². The molecule has 3 heterocycles. The fourth-order valence-electron chi connectivity index (χ4n) is 5.58. The SMILES string of the molecule is CC[C@]1(C)CC(=O)N(C2CC(C)Oc3ccc(C(=O)N[C@@H]4c5ccccc5OC(C)(C)[C@H]4O)cc32)C(N)=N1. The predicted molar refractivity (Wildman–Crippen MR) is 143 cm³/mol. The lowest BCUT2D eigenvalue weighted by Crippen LogP contribution is -2.53. The molecule has 2 amide bonds. The maximum Gasteiger partial charge on any atom is 0.251 e. The number of aliphatic hydroxyl groups excluding tert-OH is 1. The Morgan fingerprint density at radius 1 is 1.18 bits per heavy atom. The molecular weight excluding hydrogens is 484 g/mol. The standard InChI is InChI=1S/C29H36N4O5/c1-6-29(5)15-23(34)33(27(30)32-29)20-13-16(2)37-21-12-11-17(14-19(20)21)26(36)31-24-18-9-7-8-10-22(18)38-28(3,4)25(24)35/h7-12,14,16,20,24-25,35H,6,13,15H2,1-5H3,(H2,30,32)(H,31,36)/t16?,20?,24-,25+,29-/m1/s1. The van der Waals surface area contributed by atoms with Gasteiger partial charge in [-0.15, -0.1) is 0 Å². The fraction of sp³-hybridized carbons (Fsp3) is 0.483. The number of nitrogens with zero attached hydrogens (tertiary/aromatic N) is 2. The number of aliphatic imine (C=N–C) groups is 1. The number of guanidine groups is 1. The number of ether oxygens (including phenoxy) is 2. The average Bonchev–Trinajstić information content (AvgIpc) is 2.85. The molecule has 2 aromatic rings. The van der Waals surface area contributed by atoms with Gasteiger partial charge in [0.05, 0.1) is 30.1 Å². The molecule has 9 nitrogen and oxygen atoms in total. The van der Waals surface area contributed by atoms with Crippen molar-refractivity contribution in [3.63, 3.8) is 0 Å². The van der Waals surface area contributed by atoms with Crippen molar-refractivity contribution in [1.82, 2.24) is 10.2 Å². The van der Waals surface area contributed by atoms with Crippen LogP contribution in [0, 0.1) is 0 Å². The third-order valence-corrected chi connectivity index (χ3v) is 7.96. The number of para-hydroxylation sites is 1. The van der Waals surface area contributed by atoms with Crippen LogP contribution in [-0.2, 0) is 4.79 Å². The summed E-state index contributed by atoms with van der Waals surface area (Å²) >= 11 is 0. The molecule has 0 aliphatic carbocycles. The van der Waals surface area contributed by atoms with E-state index in [1.807, 2.05) is 45.0 Å². The number of benzene rings is 2. The van der Waals surface area contributed by atoms with Crippen molar-refractivity contribution < 1.29 is 24.2 Å². The van der Waals surface area contributed by atoms with Gasteiger partial charge in [0, 0.05) is 23.1 Å². The Bertz CT molecular complexity index is 1310. The molecule has 202 valence electrons. The van der Waals surface area contributed by atoms with Crippen LogP contribution in [0.1, 0.15) is 87.4 Å². The van der Waals surface area contributed by atoms with Crippen molar-refractivity contribution >= 4 is 17.8 Å². The van der Waals surface area contributed by atoms with Crippen molar-refractivity contribution in [2.45, 2.75) is 89.3 Å². The molecule has 0 fully saturated rings. The molecule has 4 N–H and O–H groups in total. The Hall–Kier alpha value is -3.59. The molecular formula is C29H36N4O5. The van der Waals surface area contributed by atoms with Gasteiger partial charge in [-0.2, -0.15) is 0 Å². The number of hydrogen-bond donors (Lipinski definition) is 3. The zero-order chi connectivity index (χ0) is 27.4. The minimum Gasteiger partial charge on any atom is -0.490 e. The van der Waals surface area contributed by atoms with Gasteiger partial charge < -0.3 is 25.6 Å². The Morgan fingerprint density at radius 2 is 1.92 bits per heavy atom. The number of fused-ring (bicyclic) bond motifs is 2. The van der Waals surface area contributed by atoms with Crippen LogP contribution < -0.4 is 20.5 Å². The van der Waals surface area contributed by atoms with Gasteiger partial charge in [-0.1, -0.05) is 25.1 Å². The molecule has 3 aliphatic heterocycles. The maximum atomic E-state index is 13.5. The lowest BCUT2D eigenvalue weighted by atomic mass is 9.86. The van der Waals surface area contributed by atoms with Crippen molar-refractivity contribution in [1.29, 1.82) is 0 Å². The second kappa shape index (κ2) is 9.31. The first-order chi connectivity index (χ1) is 17.9. The zero-order valence-electron chi connectivity index (χ0n) is 22.5. The Balaban J connectivity index is 1.47. The molecule has 38 heavy (non-hydrogen) atoms. The number of carbonyl (C=O) groups is 2. The van der Waals surface area contributed by atoms with Gasteiger partial charge in [0.25, 0.3) is 5.91 Å². The lowest BCUT2D eigenvalue weighted by molar-refractivity contribution is -0.132. The van der Waals surface area contributed by atoms with Crippen LogP contribution in [0.3, 0.4) is 0 Å². The zero-order valence-corrected chi connectivity index (χ0v) is 22.5. The summed E-state index contributed by atoms with van der Waals surface area (Å²) in [5, 5.41) is 14.1. The molecule has 3 aliphatic rings. The van der Waals surface area contributed by atoms with Crippen LogP contribution in [0.4, 0.5) is 0 Å². The Kier molecular flexibility index (Phi) is 6.38. The third-order valence-electron chi connectivity index (χ3n) is 7.96. The van der Waals surface area contributed by atoms with E-state index in [0.717, 1.165) is 0 Å². The van der Waals surface area contributed by atoms with E-state index in [4.69, 9.17) is 15.2 Å². The summed E-state index contributed by atoms with van der Waals surface area (Å²) in [5.41, 5.74) is 6.75. The first kappa shape index (κ1) is 26.0. The molecule has 9 heteroatoms. The van der Waals surface area contributed by atoms with Crippen LogP contribution in [0.25, 0.3) is 0 Å². The minimum absolute atomic E-state index is 0.0917. The molecule has 0 bridgehead atoms. The van der Waals surface area contributed by atoms with Crippen molar-refractivity contribution in [3.8, 4) is 11.5 Å². The predicted octanol–water partition coefficient (Wildman–Crippen LogP) is 3.62. The summed E-state index contributed by atoms with van der Waals surface area (Å²) in [7, 11) is 0. The molecule has 5 rings (SSSR count). The third kappa shape index (κ3) is 4.49. The Morgan fingerprint density at radius 3 is 2.63 bits per heavy atom. The number of aliphatic hydroxyl groups is 1. The molecule has 5 atom stereocenters. The number of rotatable bonds is 4. The molecule has 0 spiro atoms. The Labute approximate surface area is 223 Å². The highest BCUT2D eigenvalue weighted by Gasteiger charge is 2.44. The molecule has 0 saturated heterocycles. The highest BCUT2D eigenvalue weighted by molar-refractivity contribution is 6.00. The summed E-state index contributed by atoms with van der Waals surface area (Å²) < 4.78 is 12.0. The second-order valence-electron chi connectivity index (χ2n) is 11.3. The van der Waals surface area contributed by atoms with Crippen molar-refractivity contribution in [2.75, 3.05) is 0 Å². The smallest absolute Gasteiger partial charge is 0.251 e. The molecule has 0 aromatic heterocycles. The molecule has 2 unspecified atom stereocenters. The normalized spacial score (nSPS) is 29.8. The van der Waals surface area contributed by atoms with Crippen molar-refractivity contribution in [3.05, 3.63) is 59.2 Å². The van der Waals surface area contributed by atoms with Crippen LogP contribution in [0.15, 0.2) is 47.5 Å². The summed E-state index contributed by atoms with van der Waals surface area (Å²) in [5.74, 6) is 0.971. The van der Waals surface area contributed by atoms with Gasteiger partial charge >= 0.3 is 0 Å². The van der Waals surface area contributed by atoms with Gasteiger partial charge in [-0.25, -0.2) is 4.99 Å². The summed E-state index contributed by atoms with van der Waals surface area (Å²) in [6.45, 7) is 9.45. The number of nitrogens with one attached hydrogen (secondary N) is 1. The van der Waals surface area contributed by atoms with Crippen LogP contribution in [0.2, 0.25) is 0 Å². The number of nitrogens with two attached hydrogens (primary N) is 1. The van der Waals surface area contributed by atoms with E-state index in [1.165, 1.54) is 0 Å².